The van der Waals surface area contributed by atoms with Gasteiger partial charge >= 0.3 is 5.97 Å². The third-order valence-electron chi connectivity index (χ3n) is 6.65. The van der Waals surface area contributed by atoms with E-state index in [1.807, 2.05) is 31.2 Å². The molecule has 6 heteroatoms. The second-order valence-electron chi connectivity index (χ2n) is 11.0. The molecule has 0 atom stereocenters. The Labute approximate surface area is 211 Å². The smallest absolute Gasteiger partial charge is 0.343 e. The number of Topliss-reactive ketones (excluding diaryl/α,β-unsaturated/α-hetero) is 1. The molecule has 1 saturated carbocycles. The Morgan fingerprint density at radius 3 is 2.39 bits per heavy atom. The second-order valence-corrected chi connectivity index (χ2v) is 11.0. The summed E-state index contributed by atoms with van der Waals surface area (Å²) in [5.41, 5.74) is 3.71. The number of aryl methyl sites for hydroxylation is 2. The van der Waals surface area contributed by atoms with Crippen LogP contribution in [0.15, 0.2) is 41.3 Å². The minimum Gasteiger partial charge on any atom is -0.462 e. The Hall–Kier alpha value is -3.28. The zero-order valence-corrected chi connectivity index (χ0v) is 21.7. The number of aromatic nitrogens is 1. The summed E-state index contributed by atoms with van der Waals surface area (Å²) in [5.74, 6) is -0.738. The van der Waals surface area contributed by atoms with Gasteiger partial charge in [-0.2, -0.15) is 0 Å². The average molecular weight is 492 g/mol. The van der Waals surface area contributed by atoms with Crippen molar-refractivity contribution in [2.45, 2.75) is 72.6 Å². The van der Waals surface area contributed by atoms with E-state index in [2.05, 4.69) is 20.8 Å². The molecule has 1 aliphatic rings. The first-order valence-electron chi connectivity index (χ1n) is 12.7. The predicted octanol–water partition coefficient (Wildman–Crippen LogP) is 6.41. The van der Waals surface area contributed by atoms with Crippen LogP contribution in [0.3, 0.4) is 0 Å². The number of benzene rings is 1. The minimum absolute atomic E-state index is 0.0234. The topological polar surface area (TPSA) is 64.8 Å². The van der Waals surface area contributed by atoms with E-state index in [1.54, 1.807) is 13.0 Å². The number of halogens is 1. The molecule has 4 rings (SSSR count). The third kappa shape index (κ3) is 5.43. The lowest BCUT2D eigenvalue weighted by molar-refractivity contribution is -0.120. The van der Waals surface area contributed by atoms with Gasteiger partial charge in [-0.1, -0.05) is 45.0 Å². The molecule has 0 spiro atoms. The zero-order valence-electron chi connectivity index (χ0n) is 21.7. The van der Waals surface area contributed by atoms with E-state index in [0.717, 1.165) is 24.0 Å². The third-order valence-corrected chi connectivity index (χ3v) is 6.65. The SMILES string of the molecule is CCOC(=O)c1cc(C2CC2)c2c(C)c(-c3ccc(CCC(=O)CC(C)(C)C)cc3)c(F)cn2c1=O. The number of carbonyl (C=O) groups is 2. The standard InChI is InChI=1S/C30H34FNO4/c1-6-36-29(35)24-15-23(20-12-13-20)27-18(2)26(25(31)17-32(27)28(24)34)21-10-7-19(8-11-21)9-14-22(33)16-30(3,4)5/h7-8,10-11,15,17,20H,6,9,12-14,16H2,1-5H3. The van der Waals surface area contributed by atoms with E-state index in [9.17, 15) is 14.4 Å². The number of rotatable bonds is 8. The van der Waals surface area contributed by atoms with Gasteiger partial charge in [-0.3, -0.25) is 14.0 Å². The molecule has 2 heterocycles. The van der Waals surface area contributed by atoms with E-state index in [1.165, 1.54) is 10.6 Å². The molecule has 190 valence electrons. The number of hydrogen-bond acceptors (Lipinski definition) is 4. The number of pyridine rings is 2. The summed E-state index contributed by atoms with van der Waals surface area (Å²) in [7, 11) is 0. The van der Waals surface area contributed by atoms with Crippen molar-refractivity contribution in [2.24, 2.45) is 5.41 Å². The van der Waals surface area contributed by atoms with Crippen LogP contribution in [0.1, 0.15) is 86.3 Å². The summed E-state index contributed by atoms with van der Waals surface area (Å²) in [5, 5.41) is 0. The highest BCUT2D eigenvalue weighted by Gasteiger charge is 2.30. The van der Waals surface area contributed by atoms with Gasteiger partial charge in [-0.15, -0.1) is 0 Å². The van der Waals surface area contributed by atoms with Crippen LogP contribution in [0.2, 0.25) is 0 Å². The lowest BCUT2D eigenvalue weighted by Gasteiger charge is -2.17. The van der Waals surface area contributed by atoms with Gasteiger partial charge in [0.05, 0.1) is 12.1 Å². The highest BCUT2D eigenvalue weighted by Crippen LogP contribution is 2.44. The molecular weight excluding hydrogens is 457 g/mol. The molecule has 36 heavy (non-hydrogen) atoms. The number of nitrogens with zero attached hydrogens (tertiary/aromatic N) is 1. The largest absolute Gasteiger partial charge is 0.462 e. The first-order valence-corrected chi connectivity index (χ1v) is 12.7. The molecule has 1 aliphatic carbocycles. The molecule has 0 unspecified atom stereocenters. The number of esters is 1. The van der Waals surface area contributed by atoms with Crippen molar-refractivity contribution in [2.75, 3.05) is 6.61 Å². The molecule has 3 aromatic rings. The second kappa shape index (κ2) is 10.00. The quantitative estimate of drug-likeness (QED) is 0.342. The van der Waals surface area contributed by atoms with Gasteiger partial charge in [-0.05, 0) is 72.8 Å². The summed E-state index contributed by atoms with van der Waals surface area (Å²) in [6, 6.07) is 9.24. The highest BCUT2D eigenvalue weighted by molar-refractivity contribution is 5.91. The van der Waals surface area contributed by atoms with Crippen molar-refractivity contribution in [1.29, 1.82) is 0 Å². The van der Waals surface area contributed by atoms with Crippen LogP contribution in [0, 0.1) is 18.2 Å². The Kier molecular flexibility index (Phi) is 7.17. The number of ketones is 1. The fourth-order valence-corrected chi connectivity index (χ4v) is 4.87. The van der Waals surface area contributed by atoms with Crippen molar-refractivity contribution >= 4 is 17.3 Å². The lowest BCUT2D eigenvalue weighted by Crippen LogP contribution is -2.25. The number of carbonyl (C=O) groups excluding carboxylic acids is 2. The van der Waals surface area contributed by atoms with Gasteiger partial charge in [0.25, 0.3) is 5.56 Å². The average Bonchev–Trinajstić information content (AvgIpc) is 3.63. The van der Waals surface area contributed by atoms with Gasteiger partial charge < -0.3 is 4.74 Å². The van der Waals surface area contributed by atoms with Gasteiger partial charge in [0.15, 0.2) is 0 Å². The Balaban J connectivity index is 1.71. The molecule has 5 nitrogen and oxygen atoms in total. The van der Waals surface area contributed by atoms with Crippen molar-refractivity contribution in [3.05, 3.63) is 75.0 Å². The first-order chi connectivity index (χ1) is 17.0. The molecule has 2 aromatic heterocycles. The van der Waals surface area contributed by atoms with Crippen molar-refractivity contribution in [1.82, 2.24) is 4.40 Å². The van der Waals surface area contributed by atoms with Crippen LogP contribution in [0.25, 0.3) is 16.6 Å². The van der Waals surface area contributed by atoms with E-state index in [4.69, 9.17) is 4.74 Å². The van der Waals surface area contributed by atoms with Crippen molar-refractivity contribution in [3.63, 3.8) is 0 Å². The van der Waals surface area contributed by atoms with E-state index in [-0.39, 0.29) is 29.3 Å². The molecular formula is C30H34FNO4. The number of hydrogen-bond donors (Lipinski definition) is 0. The maximum atomic E-state index is 15.5. The molecule has 1 aromatic carbocycles. The summed E-state index contributed by atoms with van der Waals surface area (Å²) in [4.78, 5) is 37.8. The van der Waals surface area contributed by atoms with Crippen molar-refractivity contribution in [3.8, 4) is 11.1 Å². The molecule has 0 bridgehead atoms. The van der Waals surface area contributed by atoms with Gasteiger partial charge in [0, 0.05) is 24.6 Å². The normalized spacial score (nSPS) is 13.7. The Morgan fingerprint density at radius 2 is 1.81 bits per heavy atom. The molecule has 1 fully saturated rings. The van der Waals surface area contributed by atoms with Crippen LogP contribution >= 0.6 is 0 Å². The van der Waals surface area contributed by atoms with Crippen LogP contribution in [-0.2, 0) is 16.0 Å². The summed E-state index contributed by atoms with van der Waals surface area (Å²) in [6.45, 7) is 9.83. The van der Waals surface area contributed by atoms with Crippen LogP contribution in [0.5, 0.6) is 0 Å². The van der Waals surface area contributed by atoms with E-state index in [0.29, 0.717) is 41.5 Å². The van der Waals surface area contributed by atoms with Gasteiger partial charge in [0.1, 0.15) is 17.2 Å². The summed E-state index contributed by atoms with van der Waals surface area (Å²) >= 11 is 0. The van der Waals surface area contributed by atoms with Crippen LogP contribution < -0.4 is 5.56 Å². The highest BCUT2D eigenvalue weighted by atomic mass is 19.1. The zero-order chi connectivity index (χ0) is 26.2. The molecule has 0 saturated heterocycles. The van der Waals surface area contributed by atoms with Gasteiger partial charge in [-0.25, -0.2) is 9.18 Å². The predicted molar refractivity (Wildman–Crippen MR) is 139 cm³/mol. The number of fused-ring (bicyclic) bond motifs is 1. The lowest BCUT2D eigenvalue weighted by atomic mass is 9.88. The fourth-order valence-electron chi connectivity index (χ4n) is 4.87. The molecule has 0 amide bonds. The van der Waals surface area contributed by atoms with Crippen LogP contribution in [-0.4, -0.2) is 22.8 Å². The molecule has 0 N–H and O–H groups in total. The monoisotopic (exact) mass is 491 g/mol. The Morgan fingerprint density at radius 1 is 1.14 bits per heavy atom. The minimum atomic E-state index is -0.683. The van der Waals surface area contributed by atoms with Crippen molar-refractivity contribution < 1.29 is 18.7 Å². The van der Waals surface area contributed by atoms with Gasteiger partial charge in [0.2, 0.25) is 0 Å². The summed E-state index contributed by atoms with van der Waals surface area (Å²) < 4.78 is 21.8. The molecule has 0 aliphatic heterocycles. The van der Waals surface area contributed by atoms with E-state index >= 15 is 4.39 Å². The molecule has 0 radical (unpaired) electrons. The first kappa shape index (κ1) is 25.8. The van der Waals surface area contributed by atoms with E-state index < -0.39 is 17.3 Å². The maximum absolute atomic E-state index is 15.5. The number of ether oxygens (including phenoxy) is 1. The summed E-state index contributed by atoms with van der Waals surface area (Å²) in [6.07, 6.45) is 4.79. The fraction of sp³-hybridized carbons (Fsp3) is 0.433. The Bertz CT molecular complexity index is 1380. The maximum Gasteiger partial charge on any atom is 0.343 e. The van der Waals surface area contributed by atoms with Crippen LogP contribution in [0.4, 0.5) is 4.39 Å².